The largest absolute Gasteiger partial charge is 0.467 e. The van der Waals surface area contributed by atoms with E-state index in [0.29, 0.717) is 18.9 Å². The van der Waals surface area contributed by atoms with E-state index in [1.54, 1.807) is 17.4 Å². The lowest BCUT2D eigenvalue weighted by Crippen LogP contribution is -2.45. The molecule has 5 atom stereocenters. The van der Waals surface area contributed by atoms with Gasteiger partial charge in [0.2, 0.25) is 0 Å². The van der Waals surface area contributed by atoms with Crippen molar-refractivity contribution in [1.29, 1.82) is 0 Å². The first-order valence-corrected chi connectivity index (χ1v) is 12.1. The van der Waals surface area contributed by atoms with Crippen LogP contribution in [0.1, 0.15) is 43.7 Å². The molecule has 0 aliphatic carbocycles. The van der Waals surface area contributed by atoms with E-state index in [-0.39, 0.29) is 0 Å². The van der Waals surface area contributed by atoms with Crippen molar-refractivity contribution in [2.75, 3.05) is 0 Å². The monoisotopic (exact) mass is 493 g/mol. The summed E-state index contributed by atoms with van der Waals surface area (Å²) in [7, 11) is 0. The molecule has 1 aromatic heterocycles. The van der Waals surface area contributed by atoms with Gasteiger partial charge in [0.1, 0.15) is 30.1 Å². The molecular formula is C28H31NO7. The van der Waals surface area contributed by atoms with Crippen molar-refractivity contribution >= 4 is 5.97 Å². The smallest absolute Gasteiger partial charge is 0.322 e. The van der Waals surface area contributed by atoms with Gasteiger partial charge in [-0.3, -0.25) is 4.79 Å². The summed E-state index contributed by atoms with van der Waals surface area (Å²) >= 11 is 0. The summed E-state index contributed by atoms with van der Waals surface area (Å²) in [5.41, 5.74) is 1.98. The van der Waals surface area contributed by atoms with Crippen molar-refractivity contribution in [2.45, 2.75) is 70.4 Å². The summed E-state index contributed by atoms with van der Waals surface area (Å²) in [6.45, 7) is 5.75. The zero-order valence-corrected chi connectivity index (χ0v) is 20.6. The highest BCUT2D eigenvalue weighted by atomic mass is 16.8. The number of nitrogens with zero attached hydrogens (tertiary/aromatic N) is 1. The summed E-state index contributed by atoms with van der Waals surface area (Å²) < 4.78 is 31.0. The molecular weight excluding hydrogens is 462 g/mol. The van der Waals surface area contributed by atoms with E-state index in [9.17, 15) is 4.79 Å². The normalized spacial score (nSPS) is 25.6. The molecule has 2 saturated heterocycles. The first-order chi connectivity index (χ1) is 17.4. The van der Waals surface area contributed by atoms with Crippen LogP contribution in [0.4, 0.5) is 0 Å². The van der Waals surface area contributed by atoms with Gasteiger partial charge in [0, 0.05) is 6.92 Å². The third kappa shape index (κ3) is 5.53. The molecule has 5 rings (SSSR count). The third-order valence-corrected chi connectivity index (χ3v) is 6.20. The minimum atomic E-state index is -0.811. The van der Waals surface area contributed by atoms with Gasteiger partial charge in [0.25, 0.3) is 0 Å². The van der Waals surface area contributed by atoms with Crippen LogP contribution in [-0.4, -0.2) is 41.4 Å². The zero-order chi connectivity index (χ0) is 25.1. The maximum atomic E-state index is 12.2. The van der Waals surface area contributed by atoms with Gasteiger partial charge in [-0.05, 0) is 37.1 Å². The van der Waals surface area contributed by atoms with Crippen LogP contribution in [0.5, 0.6) is 0 Å². The number of hydroxylamine groups is 2. The average Bonchev–Trinajstić information content (AvgIpc) is 3.55. The second-order valence-electron chi connectivity index (χ2n) is 9.43. The Labute approximate surface area is 210 Å². The maximum Gasteiger partial charge on any atom is 0.322 e. The Balaban J connectivity index is 1.49. The van der Waals surface area contributed by atoms with Crippen molar-refractivity contribution < 1.29 is 33.0 Å². The van der Waals surface area contributed by atoms with Crippen molar-refractivity contribution in [3.63, 3.8) is 0 Å². The van der Waals surface area contributed by atoms with Gasteiger partial charge in [0.05, 0.1) is 19.4 Å². The Morgan fingerprint density at radius 3 is 2.31 bits per heavy atom. The molecule has 2 fully saturated rings. The van der Waals surface area contributed by atoms with E-state index in [2.05, 4.69) is 0 Å². The molecule has 0 saturated carbocycles. The fourth-order valence-corrected chi connectivity index (χ4v) is 4.76. The molecule has 36 heavy (non-hydrogen) atoms. The average molecular weight is 494 g/mol. The lowest BCUT2D eigenvalue weighted by atomic mass is 10.00. The van der Waals surface area contributed by atoms with E-state index < -0.39 is 42.4 Å². The molecule has 2 aliphatic heterocycles. The first-order valence-electron chi connectivity index (χ1n) is 12.1. The molecule has 3 aromatic rings. The van der Waals surface area contributed by atoms with Gasteiger partial charge in [-0.25, -0.2) is 0 Å². The lowest BCUT2D eigenvalue weighted by Gasteiger charge is -2.35. The van der Waals surface area contributed by atoms with Crippen LogP contribution >= 0.6 is 0 Å². The molecule has 190 valence electrons. The predicted molar refractivity (Wildman–Crippen MR) is 129 cm³/mol. The highest BCUT2D eigenvalue weighted by Crippen LogP contribution is 2.44. The van der Waals surface area contributed by atoms with Crippen LogP contribution < -0.4 is 0 Å². The third-order valence-electron chi connectivity index (χ3n) is 6.20. The number of hydrogen-bond donors (Lipinski definition) is 0. The number of hydrogen-bond acceptors (Lipinski definition) is 8. The molecule has 0 unspecified atom stereocenters. The van der Waals surface area contributed by atoms with Gasteiger partial charge < -0.3 is 28.2 Å². The Bertz CT molecular complexity index is 1120. The van der Waals surface area contributed by atoms with E-state index in [1.165, 1.54) is 6.92 Å². The van der Waals surface area contributed by atoms with Gasteiger partial charge in [-0.1, -0.05) is 60.7 Å². The number of fused-ring (bicyclic) bond motifs is 1. The summed E-state index contributed by atoms with van der Waals surface area (Å²) in [6, 6.07) is 22.7. The summed E-state index contributed by atoms with van der Waals surface area (Å²) in [4.78, 5) is 17.9. The Kier molecular flexibility index (Phi) is 7.22. The Morgan fingerprint density at radius 2 is 1.67 bits per heavy atom. The minimum absolute atomic E-state index is 0.319. The van der Waals surface area contributed by atoms with Gasteiger partial charge in [-0.2, -0.15) is 0 Å². The van der Waals surface area contributed by atoms with Crippen LogP contribution in [0.2, 0.25) is 0 Å². The van der Waals surface area contributed by atoms with Crippen LogP contribution in [0.25, 0.3) is 0 Å². The molecule has 0 spiro atoms. The second-order valence-corrected chi connectivity index (χ2v) is 9.43. The second kappa shape index (κ2) is 10.5. The lowest BCUT2D eigenvalue weighted by molar-refractivity contribution is -0.256. The molecule has 2 aromatic carbocycles. The van der Waals surface area contributed by atoms with Gasteiger partial charge in [-0.15, -0.1) is 5.06 Å². The fraction of sp³-hybridized carbons (Fsp3) is 0.393. The topological polar surface area (TPSA) is 79.6 Å². The van der Waals surface area contributed by atoms with Crippen LogP contribution in [0.15, 0.2) is 83.5 Å². The van der Waals surface area contributed by atoms with E-state index in [0.717, 1.165) is 11.1 Å². The minimum Gasteiger partial charge on any atom is -0.467 e. The Morgan fingerprint density at radius 1 is 0.972 bits per heavy atom. The number of ether oxygens (including phenoxy) is 4. The summed E-state index contributed by atoms with van der Waals surface area (Å²) in [6.07, 6.45) is -0.668. The molecule has 2 aliphatic rings. The number of carbonyl (C=O) groups is 1. The van der Waals surface area contributed by atoms with Crippen LogP contribution in [0, 0.1) is 0 Å². The van der Waals surface area contributed by atoms with E-state index in [4.69, 9.17) is 28.2 Å². The quantitative estimate of drug-likeness (QED) is 0.395. The molecule has 0 N–H and O–H groups in total. The SMILES string of the molecule is CC(=O)ON(Cc1ccccc1)[C@H](c1ccco1)[C@H]1O[C@@H]2OC(C)(C)O[C@@H]2[C@H]1OCc1ccccc1. The molecule has 0 amide bonds. The van der Waals surface area contributed by atoms with Crippen molar-refractivity contribution in [1.82, 2.24) is 5.06 Å². The van der Waals surface area contributed by atoms with Crippen molar-refractivity contribution in [2.24, 2.45) is 0 Å². The number of furan rings is 1. The molecule has 0 bridgehead atoms. The molecule has 8 heteroatoms. The molecule has 3 heterocycles. The van der Waals surface area contributed by atoms with Crippen molar-refractivity contribution in [3.05, 3.63) is 95.9 Å². The molecule has 8 nitrogen and oxygen atoms in total. The summed E-state index contributed by atoms with van der Waals surface area (Å²) in [5.74, 6) is -0.685. The maximum absolute atomic E-state index is 12.2. The molecule has 0 radical (unpaired) electrons. The standard InChI is InChI=1S/C28H31NO7/c1-19(30)36-29(17-20-11-6-4-7-12-20)23(22-15-10-16-31-22)24-25(32-18-21-13-8-5-9-14-21)26-27(33-24)35-28(2,3)34-26/h4-16,23-27H,17-18H2,1-3H3/t23-,24-,25+,26-,27-/m1/s1. The predicted octanol–water partition coefficient (Wildman–Crippen LogP) is 4.76. The zero-order valence-electron chi connectivity index (χ0n) is 20.6. The van der Waals surface area contributed by atoms with Crippen LogP contribution in [-0.2, 0) is 41.7 Å². The fourth-order valence-electron chi connectivity index (χ4n) is 4.76. The highest BCUT2D eigenvalue weighted by molar-refractivity contribution is 5.65. The highest BCUT2D eigenvalue weighted by Gasteiger charge is 2.59. The van der Waals surface area contributed by atoms with Crippen LogP contribution in [0.3, 0.4) is 0 Å². The Hall–Kier alpha value is -3.01. The van der Waals surface area contributed by atoms with Crippen molar-refractivity contribution in [3.8, 4) is 0 Å². The van der Waals surface area contributed by atoms with E-state index in [1.807, 2.05) is 80.6 Å². The van der Waals surface area contributed by atoms with Gasteiger partial charge in [0.15, 0.2) is 12.1 Å². The van der Waals surface area contributed by atoms with Gasteiger partial charge >= 0.3 is 5.97 Å². The number of benzene rings is 2. The number of rotatable bonds is 9. The number of carbonyl (C=O) groups excluding carboxylic acids is 1. The van der Waals surface area contributed by atoms with E-state index >= 15 is 0 Å². The first kappa shape index (κ1) is 24.7. The summed E-state index contributed by atoms with van der Waals surface area (Å²) in [5, 5.41) is 1.59.